The largest absolute Gasteiger partial charge is 0.339 e. The lowest BCUT2D eigenvalue weighted by Gasteiger charge is -2.27. The first-order chi connectivity index (χ1) is 13.8. The lowest BCUT2D eigenvalue weighted by Crippen LogP contribution is -2.36. The van der Waals surface area contributed by atoms with Crippen LogP contribution in [0.3, 0.4) is 0 Å². The highest BCUT2D eigenvalue weighted by atomic mass is 19.1. The highest BCUT2D eigenvalue weighted by molar-refractivity contribution is 5.91. The highest BCUT2D eigenvalue weighted by Crippen LogP contribution is 2.64. The molecule has 0 aliphatic heterocycles. The number of carbonyl (C=O) groups excluding carboxylic acids is 1. The van der Waals surface area contributed by atoms with Gasteiger partial charge in [-0.3, -0.25) is 4.79 Å². The van der Waals surface area contributed by atoms with Crippen LogP contribution in [-0.2, 0) is 12.0 Å². The maximum atomic E-state index is 13.1. The molecule has 1 atom stereocenters. The molecule has 0 spiro atoms. The maximum Gasteiger partial charge on any atom is 0.275 e. The fourth-order valence-electron chi connectivity index (χ4n) is 4.24. The zero-order valence-electron chi connectivity index (χ0n) is 17.0. The number of likely N-dealkylation sites (N-methyl/N-ethyl adjacent to an activating group) is 1. The summed E-state index contributed by atoms with van der Waals surface area (Å²) in [6, 6.07) is 16.6. The molecule has 1 aliphatic rings. The minimum Gasteiger partial charge on any atom is -0.339 e. The molecule has 0 unspecified atom stereocenters. The number of nitrogens with zero attached hydrogens (tertiary/aromatic N) is 4. The van der Waals surface area contributed by atoms with E-state index in [9.17, 15) is 9.18 Å². The molecule has 2 aromatic carbocycles. The second kappa shape index (κ2) is 7.10. The third kappa shape index (κ3) is 3.67. The average Bonchev–Trinajstić information content (AvgIpc) is 3.03. The molecule has 0 saturated heterocycles. The van der Waals surface area contributed by atoms with Crippen molar-refractivity contribution in [3.8, 4) is 0 Å². The van der Waals surface area contributed by atoms with Crippen molar-refractivity contribution < 1.29 is 9.18 Å². The molecular weight excluding hydrogens is 367 g/mol. The van der Waals surface area contributed by atoms with Crippen molar-refractivity contribution in [2.24, 2.45) is 5.41 Å². The van der Waals surface area contributed by atoms with Gasteiger partial charge in [-0.15, -0.1) is 5.10 Å². The third-order valence-corrected chi connectivity index (χ3v) is 6.11. The van der Waals surface area contributed by atoms with Crippen molar-refractivity contribution in [2.45, 2.75) is 32.2 Å². The van der Waals surface area contributed by atoms with Gasteiger partial charge in [0.15, 0.2) is 5.69 Å². The summed E-state index contributed by atoms with van der Waals surface area (Å²) in [5, 5.41) is 8.12. The molecule has 0 N–H and O–H groups in total. The smallest absolute Gasteiger partial charge is 0.275 e. The summed E-state index contributed by atoms with van der Waals surface area (Å²) in [5.74, 6) is -0.423. The molecule has 0 bridgehead atoms. The van der Waals surface area contributed by atoms with Gasteiger partial charge in [0, 0.05) is 19.0 Å². The van der Waals surface area contributed by atoms with Crippen molar-refractivity contribution >= 4 is 5.91 Å². The molecule has 1 heterocycles. The fraction of sp³-hybridized carbons (Fsp3) is 0.348. The standard InChI is InChI=1S/C23H25FN4O/c1-22(2)15-23(22,18-7-5-4-6-8-18)16-27(3)21(29)20-14-28(26-25-20)13-17-9-11-19(24)12-10-17/h4-12,14H,13,15-16H2,1-3H3/t23-/m1/s1. The first-order valence-electron chi connectivity index (χ1n) is 9.76. The van der Waals surface area contributed by atoms with E-state index in [1.807, 2.05) is 25.2 Å². The zero-order valence-corrected chi connectivity index (χ0v) is 17.0. The van der Waals surface area contributed by atoms with Crippen molar-refractivity contribution in [1.82, 2.24) is 19.9 Å². The number of rotatable bonds is 6. The number of hydrogen-bond acceptors (Lipinski definition) is 3. The van der Waals surface area contributed by atoms with Crippen LogP contribution in [0.4, 0.5) is 4.39 Å². The average molecular weight is 392 g/mol. The Kier molecular flexibility index (Phi) is 4.73. The number of hydrogen-bond donors (Lipinski definition) is 0. The number of benzene rings is 2. The lowest BCUT2D eigenvalue weighted by molar-refractivity contribution is 0.0769. The summed E-state index contributed by atoms with van der Waals surface area (Å²) in [7, 11) is 1.82. The van der Waals surface area contributed by atoms with Crippen LogP contribution in [0.1, 0.15) is 41.9 Å². The molecule has 29 heavy (non-hydrogen) atoms. The first-order valence-corrected chi connectivity index (χ1v) is 9.76. The summed E-state index contributed by atoms with van der Waals surface area (Å²) in [5.41, 5.74) is 2.58. The van der Waals surface area contributed by atoms with E-state index in [1.54, 1.807) is 27.9 Å². The molecule has 4 rings (SSSR count). The van der Waals surface area contributed by atoms with Gasteiger partial charge in [0.05, 0.1) is 12.7 Å². The Bertz CT molecular complexity index is 1010. The van der Waals surface area contributed by atoms with Crippen molar-refractivity contribution in [3.05, 3.63) is 83.4 Å². The topological polar surface area (TPSA) is 51.0 Å². The van der Waals surface area contributed by atoms with Gasteiger partial charge in [-0.2, -0.15) is 0 Å². The van der Waals surface area contributed by atoms with Crippen molar-refractivity contribution in [1.29, 1.82) is 0 Å². The second-order valence-corrected chi connectivity index (χ2v) is 8.60. The maximum absolute atomic E-state index is 13.1. The molecule has 1 amide bonds. The van der Waals surface area contributed by atoms with Crippen LogP contribution in [-0.4, -0.2) is 39.4 Å². The third-order valence-electron chi connectivity index (χ3n) is 6.11. The Balaban J connectivity index is 1.47. The van der Waals surface area contributed by atoms with Crippen LogP contribution >= 0.6 is 0 Å². The van der Waals surface area contributed by atoms with Gasteiger partial charge < -0.3 is 4.90 Å². The molecule has 3 aromatic rings. The molecule has 6 heteroatoms. The predicted molar refractivity (Wildman–Crippen MR) is 109 cm³/mol. The van der Waals surface area contributed by atoms with Gasteiger partial charge in [0.2, 0.25) is 0 Å². The van der Waals surface area contributed by atoms with Gasteiger partial charge in [-0.1, -0.05) is 61.5 Å². The minimum atomic E-state index is -0.278. The van der Waals surface area contributed by atoms with E-state index in [2.05, 4.69) is 36.3 Å². The van der Waals surface area contributed by atoms with Crippen LogP contribution in [0.5, 0.6) is 0 Å². The van der Waals surface area contributed by atoms with Crippen molar-refractivity contribution in [2.75, 3.05) is 13.6 Å². The quantitative estimate of drug-likeness (QED) is 0.639. The van der Waals surface area contributed by atoms with E-state index in [-0.39, 0.29) is 22.6 Å². The summed E-state index contributed by atoms with van der Waals surface area (Å²) >= 11 is 0. The van der Waals surface area contributed by atoms with Crippen LogP contribution in [0.15, 0.2) is 60.8 Å². The van der Waals surface area contributed by atoms with Gasteiger partial charge in [-0.05, 0) is 35.1 Å². The number of carbonyl (C=O) groups is 1. The van der Waals surface area contributed by atoms with E-state index >= 15 is 0 Å². The Morgan fingerprint density at radius 2 is 1.79 bits per heavy atom. The number of halogens is 1. The zero-order chi connectivity index (χ0) is 20.6. The Morgan fingerprint density at radius 1 is 1.14 bits per heavy atom. The number of aromatic nitrogens is 3. The van der Waals surface area contributed by atoms with E-state index in [4.69, 9.17) is 0 Å². The molecule has 0 radical (unpaired) electrons. The van der Waals surface area contributed by atoms with Gasteiger partial charge in [0.25, 0.3) is 5.91 Å². The van der Waals surface area contributed by atoms with Crippen LogP contribution in [0.25, 0.3) is 0 Å². The monoisotopic (exact) mass is 392 g/mol. The molecule has 1 aliphatic carbocycles. The molecule has 1 fully saturated rings. The van der Waals surface area contributed by atoms with E-state index < -0.39 is 0 Å². The fourth-order valence-corrected chi connectivity index (χ4v) is 4.24. The Morgan fingerprint density at radius 3 is 2.41 bits per heavy atom. The first kappa shape index (κ1) is 19.3. The second-order valence-electron chi connectivity index (χ2n) is 8.60. The summed E-state index contributed by atoms with van der Waals surface area (Å²) < 4.78 is 14.7. The summed E-state index contributed by atoms with van der Waals surface area (Å²) in [6.07, 6.45) is 2.69. The number of amides is 1. The summed E-state index contributed by atoms with van der Waals surface area (Å²) in [4.78, 5) is 14.7. The van der Waals surface area contributed by atoms with Crippen LogP contribution in [0, 0.1) is 11.2 Å². The highest BCUT2D eigenvalue weighted by Gasteiger charge is 2.62. The minimum absolute atomic E-state index is 0.0389. The van der Waals surface area contributed by atoms with Crippen molar-refractivity contribution in [3.63, 3.8) is 0 Å². The van der Waals surface area contributed by atoms with Gasteiger partial charge >= 0.3 is 0 Å². The van der Waals surface area contributed by atoms with Gasteiger partial charge in [0.1, 0.15) is 5.82 Å². The molecule has 1 aromatic heterocycles. The molecule has 1 saturated carbocycles. The molecule has 5 nitrogen and oxygen atoms in total. The van der Waals surface area contributed by atoms with E-state index in [0.717, 1.165) is 12.0 Å². The lowest BCUT2D eigenvalue weighted by atomic mass is 9.87. The summed E-state index contributed by atoms with van der Waals surface area (Å²) in [6.45, 7) is 5.56. The Hall–Kier alpha value is -3.02. The Labute approximate surface area is 170 Å². The molecule has 150 valence electrons. The van der Waals surface area contributed by atoms with E-state index in [1.165, 1.54) is 17.7 Å². The normalized spacial score (nSPS) is 19.7. The van der Waals surface area contributed by atoms with Crippen LogP contribution in [0.2, 0.25) is 0 Å². The SMILES string of the molecule is CN(C[C@@]1(c2ccccc2)CC1(C)C)C(=O)c1cn(Cc2ccc(F)cc2)nn1. The predicted octanol–water partition coefficient (Wildman–Crippen LogP) is 3.91. The van der Waals surface area contributed by atoms with Gasteiger partial charge in [-0.25, -0.2) is 9.07 Å². The van der Waals surface area contributed by atoms with Crippen LogP contribution < -0.4 is 0 Å². The molecular formula is C23H25FN4O. The van der Waals surface area contributed by atoms with E-state index in [0.29, 0.717) is 18.8 Å².